The monoisotopic (exact) mass is 446 g/mol. The van der Waals surface area contributed by atoms with E-state index >= 15 is 0 Å². The molecule has 0 bridgehead atoms. The fraction of sp³-hybridized carbons (Fsp3) is 0.391. The molecule has 2 aromatic rings. The van der Waals surface area contributed by atoms with E-state index in [0.717, 1.165) is 19.4 Å². The molecule has 0 aromatic heterocycles. The summed E-state index contributed by atoms with van der Waals surface area (Å²) in [6.45, 7) is 1.96. The molecule has 0 spiro atoms. The number of likely N-dealkylation sites (tertiary alicyclic amines) is 1. The van der Waals surface area contributed by atoms with Crippen molar-refractivity contribution in [2.75, 3.05) is 26.2 Å². The van der Waals surface area contributed by atoms with E-state index in [1.54, 1.807) is 24.3 Å². The Morgan fingerprint density at radius 1 is 1.03 bits per heavy atom. The second-order valence-electron chi connectivity index (χ2n) is 7.99. The summed E-state index contributed by atoms with van der Waals surface area (Å²) in [7, 11) is 0. The molecule has 30 heavy (non-hydrogen) atoms. The summed E-state index contributed by atoms with van der Waals surface area (Å²) >= 11 is 11.8. The Labute approximate surface area is 186 Å². The predicted octanol–water partition coefficient (Wildman–Crippen LogP) is 4.14. The highest BCUT2D eigenvalue weighted by Gasteiger charge is 2.46. The van der Waals surface area contributed by atoms with Crippen molar-refractivity contribution in [2.24, 2.45) is 11.8 Å². The molecule has 1 saturated carbocycles. The minimum Gasteiger partial charge on any atom is -0.484 e. The Morgan fingerprint density at radius 3 is 2.40 bits per heavy atom. The van der Waals surface area contributed by atoms with Gasteiger partial charge in [-0.2, -0.15) is 0 Å². The molecule has 2 aliphatic rings. The highest BCUT2D eigenvalue weighted by molar-refractivity contribution is 6.30. The van der Waals surface area contributed by atoms with Gasteiger partial charge in [0.1, 0.15) is 5.75 Å². The first-order chi connectivity index (χ1) is 14.5. The molecule has 1 N–H and O–H groups in total. The number of halogens is 2. The van der Waals surface area contributed by atoms with Crippen LogP contribution in [0, 0.1) is 11.8 Å². The van der Waals surface area contributed by atoms with Gasteiger partial charge in [-0.05, 0) is 66.6 Å². The normalized spacial score (nSPS) is 22.6. The summed E-state index contributed by atoms with van der Waals surface area (Å²) < 4.78 is 5.45. The van der Waals surface area contributed by atoms with Crippen LogP contribution in [0.25, 0.3) is 0 Å². The first kappa shape index (κ1) is 21.0. The zero-order valence-electron chi connectivity index (χ0n) is 16.5. The molecule has 7 heteroatoms. The number of carbonyl (C=O) groups excluding carboxylic acids is 2. The molecular formula is C23H24Cl2N2O3. The molecule has 3 atom stereocenters. The van der Waals surface area contributed by atoms with Crippen LogP contribution >= 0.6 is 23.2 Å². The standard InChI is InChI=1S/C23H24Cl2N2O3/c24-17-3-1-16(2-4-17)20-11-21(20)23(29)27-10-9-15(13-27)12-26-22(28)14-30-19-7-5-18(25)6-8-19/h1-8,15,20-21H,9-14H2,(H,26,28). The molecule has 1 aliphatic carbocycles. The molecule has 1 saturated heterocycles. The van der Waals surface area contributed by atoms with Gasteiger partial charge in [-0.1, -0.05) is 35.3 Å². The minimum atomic E-state index is -0.167. The molecule has 1 aliphatic heterocycles. The van der Waals surface area contributed by atoms with E-state index in [1.165, 1.54) is 5.56 Å². The molecule has 2 aromatic carbocycles. The van der Waals surface area contributed by atoms with E-state index in [9.17, 15) is 9.59 Å². The Balaban J connectivity index is 1.17. The van der Waals surface area contributed by atoms with Crippen molar-refractivity contribution < 1.29 is 14.3 Å². The summed E-state index contributed by atoms with van der Waals surface area (Å²) in [6.07, 6.45) is 1.81. The lowest BCUT2D eigenvalue weighted by atomic mass is 10.1. The van der Waals surface area contributed by atoms with Gasteiger partial charge in [0, 0.05) is 35.6 Å². The number of nitrogens with zero attached hydrogens (tertiary/aromatic N) is 1. The zero-order chi connectivity index (χ0) is 21.1. The van der Waals surface area contributed by atoms with Crippen LogP contribution < -0.4 is 10.1 Å². The summed E-state index contributed by atoms with van der Waals surface area (Å²) in [5.41, 5.74) is 1.18. The average molecular weight is 447 g/mol. The predicted molar refractivity (Wildman–Crippen MR) is 117 cm³/mol. The van der Waals surface area contributed by atoms with Gasteiger partial charge in [0.25, 0.3) is 5.91 Å². The Bertz CT molecular complexity index is 902. The van der Waals surface area contributed by atoms with Crippen LogP contribution in [-0.4, -0.2) is 43.0 Å². The number of rotatable bonds is 7. The minimum absolute atomic E-state index is 0.0398. The second kappa shape index (κ2) is 9.27. The molecule has 4 rings (SSSR count). The lowest BCUT2D eigenvalue weighted by molar-refractivity contribution is -0.131. The molecule has 3 unspecified atom stereocenters. The number of hydrogen-bond acceptors (Lipinski definition) is 3. The van der Waals surface area contributed by atoms with Gasteiger partial charge in [0.05, 0.1) is 0 Å². The van der Waals surface area contributed by atoms with Gasteiger partial charge < -0.3 is 15.0 Å². The molecule has 2 amide bonds. The van der Waals surface area contributed by atoms with Gasteiger partial charge in [-0.15, -0.1) is 0 Å². The number of amides is 2. The summed E-state index contributed by atoms with van der Waals surface area (Å²) in [4.78, 5) is 26.8. The van der Waals surface area contributed by atoms with Gasteiger partial charge in [0.2, 0.25) is 5.91 Å². The van der Waals surface area contributed by atoms with Crippen LogP contribution in [0.3, 0.4) is 0 Å². The Hall–Kier alpha value is -2.24. The highest BCUT2D eigenvalue weighted by Crippen LogP contribution is 2.49. The molecular weight excluding hydrogens is 423 g/mol. The summed E-state index contributed by atoms with van der Waals surface area (Å²) in [5.74, 6) is 1.33. The van der Waals surface area contributed by atoms with Gasteiger partial charge in [0.15, 0.2) is 6.61 Å². The fourth-order valence-corrected chi connectivity index (χ4v) is 4.22. The van der Waals surface area contributed by atoms with Crippen LogP contribution in [0.15, 0.2) is 48.5 Å². The third kappa shape index (κ3) is 5.27. The van der Waals surface area contributed by atoms with E-state index in [2.05, 4.69) is 5.32 Å². The fourth-order valence-electron chi connectivity index (χ4n) is 3.97. The number of nitrogens with one attached hydrogen (secondary N) is 1. The maximum atomic E-state index is 12.8. The quantitative estimate of drug-likeness (QED) is 0.694. The highest BCUT2D eigenvalue weighted by atomic mass is 35.5. The van der Waals surface area contributed by atoms with Crippen LogP contribution in [0.4, 0.5) is 0 Å². The van der Waals surface area contributed by atoms with E-state index in [-0.39, 0.29) is 30.3 Å². The van der Waals surface area contributed by atoms with Gasteiger partial charge in [-0.3, -0.25) is 9.59 Å². The smallest absolute Gasteiger partial charge is 0.257 e. The van der Waals surface area contributed by atoms with Crippen molar-refractivity contribution in [3.05, 3.63) is 64.1 Å². The van der Waals surface area contributed by atoms with Crippen molar-refractivity contribution in [3.8, 4) is 5.75 Å². The lowest BCUT2D eigenvalue weighted by Gasteiger charge is -2.17. The molecule has 0 radical (unpaired) electrons. The second-order valence-corrected chi connectivity index (χ2v) is 8.86. The molecule has 158 valence electrons. The first-order valence-electron chi connectivity index (χ1n) is 10.2. The third-order valence-electron chi connectivity index (χ3n) is 5.77. The SMILES string of the molecule is O=C(COc1ccc(Cl)cc1)NCC1CCN(C(=O)C2CC2c2ccc(Cl)cc2)C1. The van der Waals surface area contributed by atoms with Crippen molar-refractivity contribution in [3.63, 3.8) is 0 Å². The van der Waals surface area contributed by atoms with Crippen LogP contribution in [-0.2, 0) is 9.59 Å². The van der Waals surface area contributed by atoms with Gasteiger partial charge in [-0.25, -0.2) is 0 Å². The molecule has 1 heterocycles. The lowest BCUT2D eigenvalue weighted by Crippen LogP contribution is -2.35. The van der Waals surface area contributed by atoms with Crippen LogP contribution in [0.5, 0.6) is 5.75 Å². The number of carbonyl (C=O) groups is 2. The number of benzene rings is 2. The maximum absolute atomic E-state index is 12.8. The molecule has 2 fully saturated rings. The number of ether oxygens (including phenoxy) is 1. The first-order valence-corrected chi connectivity index (χ1v) is 10.9. The van der Waals surface area contributed by atoms with E-state index in [1.807, 2.05) is 29.2 Å². The van der Waals surface area contributed by atoms with Gasteiger partial charge >= 0.3 is 0 Å². The van der Waals surface area contributed by atoms with Crippen LogP contribution in [0.1, 0.15) is 24.3 Å². The van der Waals surface area contributed by atoms with Crippen molar-refractivity contribution >= 4 is 35.0 Å². The van der Waals surface area contributed by atoms with Crippen molar-refractivity contribution in [1.82, 2.24) is 10.2 Å². The van der Waals surface area contributed by atoms with E-state index < -0.39 is 0 Å². The Kier molecular flexibility index (Phi) is 6.49. The van der Waals surface area contributed by atoms with E-state index in [4.69, 9.17) is 27.9 Å². The topological polar surface area (TPSA) is 58.6 Å². The van der Waals surface area contributed by atoms with E-state index in [0.29, 0.717) is 34.8 Å². The van der Waals surface area contributed by atoms with Crippen molar-refractivity contribution in [2.45, 2.75) is 18.8 Å². The number of hydrogen-bond donors (Lipinski definition) is 1. The maximum Gasteiger partial charge on any atom is 0.257 e. The summed E-state index contributed by atoms with van der Waals surface area (Å²) in [5, 5.41) is 4.25. The average Bonchev–Trinajstić information content (AvgIpc) is 3.41. The Morgan fingerprint density at radius 2 is 1.70 bits per heavy atom. The van der Waals surface area contributed by atoms with Crippen LogP contribution in [0.2, 0.25) is 10.0 Å². The summed E-state index contributed by atoms with van der Waals surface area (Å²) in [6, 6.07) is 14.7. The third-order valence-corrected chi connectivity index (χ3v) is 6.28. The molecule has 5 nitrogen and oxygen atoms in total. The van der Waals surface area contributed by atoms with Crippen molar-refractivity contribution in [1.29, 1.82) is 0 Å². The largest absolute Gasteiger partial charge is 0.484 e. The zero-order valence-corrected chi connectivity index (χ0v) is 18.0.